The average Bonchev–Trinajstić information content (AvgIpc) is 2.55. The molecule has 1 aliphatic rings. The van der Waals surface area contributed by atoms with Crippen LogP contribution in [0.15, 0.2) is 29.2 Å². The van der Waals surface area contributed by atoms with E-state index in [1.54, 1.807) is 0 Å². The smallest absolute Gasteiger partial charge is 0.304 e. The molecule has 0 unspecified atom stereocenters. The van der Waals surface area contributed by atoms with Crippen LogP contribution in [0.25, 0.3) is 0 Å². The van der Waals surface area contributed by atoms with Gasteiger partial charge in [-0.05, 0) is 36.3 Å². The van der Waals surface area contributed by atoms with Gasteiger partial charge in [0.2, 0.25) is 10.0 Å². The van der Waals surface area contributed by atoms with E-state index < -0.39 is 22.5 Å². The van der Waals surface area contributed by atoms with E-state index in [1.165, 1.54) is 40.6 Å². The van der Waals surface area contributed by atoms with Crippen molar-refractivity contribution in [2.75, 3.05) is 33.4 Å². The molecule has 0 spiro atoms. The third kappa shape index (κ3) is 4.41. The maximum Gasteiger partial charge on any atom is 0.304 e. The number of carbonyl (C=O) groups excluding carboxylic acids is 1. The number of halogens is 1. The molecule has 0 bridgehead atoms. The molecule has 132 valence electrons. The van der Waals surface area contributed by atoms with Gasteiger partial charge >= 0.3 is 6.54 Å². The molecule has 0 aromatic heterocycles. The second-order valence-electron chi connectivity index (χ2n) is 5.12. The summed E-state index contributed by atoms with van der Waals surface area (Å²) in [6.45, 7) is 0.0890. The van der Waals surface area contributed by atoms with Crippen molar-refractivity contribution in [3.05, 3.63) is 34.2 Å². The third-order valence-electron chi connectivity index (χ3n) is 3.44. The molecule has 0 radical (unpaired) electrons. The summed E-state index contributed by atoms with van der Waals surface area (Å²) in [4.78, 5) is 29.5. The molecule has 1 aliphatic heterocycles. The fourth-order valence-electron chi connectivity index (χ4n) is 2.28. The van der Waals surface area contributed by atoms with Crippen LogP contribution in [0.1, 0.15) is 6.42 Å². The normalized spacial score (nSPS) is 16.0. The number of hydrazine groups is 1. The lowest BCUT2D eigenvalue weighted by Crippen LogP contribution is -2.51. The molecule has 11 heteroatoms. The van der Waals surface area contributed by atoms with Gasteiger partial charge in [-0.3, -0.25) is 4.79 Å². The van der Waals surface area contributed by atoms with Gasteiger partial charge in [0.15, 0.2) is 4.87 Å². The summed E-state index contributed by atoms with van der Waals surface area (Å²) in [5.74, 6) is -0.495. The second kappa shape index (κ2) is 7.88. The van der Waals surface area contributed by atoms with Crippen LogP contribution in [0, 0.1) is 4.91 Å². The van der Waals surface area contributed by atoms with E-state index in [9.17, 15) is 18.1 Å². The van der Waals surface area contributed by atoms with Crippen LogP contribution in [0.2, 0.25) is 5.02 Å². The number of hydrogen-bond donors (Lipinski definition) is 1. The Morgan fingerprint density at radius 1 is 1.33 bits per heavy atom. The van der Waals surface area contributed by atoms with Gasteiger partial charge < -0.3 is 4.90 Å². The number of benzene rings is 1. The monoisotopic (exact) mass is 377 g/mol. The summed E-state index contributed by atoms with van der Waals surface area (Å²) in [7, 11) is -2.49. The molecule has 1 N–H and O–H groups in total. The number of nitrogens with zero attached hydrogens (tertiary/aromatic N) is 3. The van der Waals surface area contributed by atoms with Gasteiger partial charge in [0, 0.05) is 18.1 Å². The lowest BCUT2D eigenvalue weighted by atomic mass is 10.3. The quantitative estimate of drug-likeness (QED) is 0.568. The lowest BCUT2D eigenvalue weighted by molar-refractivity contribution is -0.649. The van der Waals surface area contributed by atoms with Crippen molar-refractivity contribution in [3.63, 3.8) is 0 Å². The van der Waals surface area contributed by atoms with E-state index in [1.807, 2.05) is 5.59 Å². The van der Waals surface area contributed by atoms with Crippen LogP contribution in [0.5, 0.6) is 0 Å². The molecule has 2 rings (SSSR count). The van der Waals surface area contributed by atoms with Crippen LogP contribution in [0.3, 0.4) is 0 Å². The average molecular weight is 378 g/mol. The van der Waals surface area contributed by atoms with Crippen molar-refractivity contribution >= 4 is 27.5 Å². The Morgan fingerprint density at radius 2 is 2.00 bits per heavy atom. The highest BCUT2D eigenvalue weighted by Gasteiger charge is 2.33. The van der Waals surface area contributed by atoms with Crippen LogP contribution in [-0.4, -0.2) is 61.8 Å². The van der Waals surface area contributed by atoms with Crippen LogP contribution in [0.4, 0.5) is 0 Å². The Morgan fingerprint density at radius 3 is 2.62 bits per heavy atom. The second-order valence-corrected chi connectivity index (χ2v) is 7.49. The molecule has 1 saturated heterocycles. The molecule has 0 atom stereocenters. The molecule has 1 aromatic rings. The first-order chi connectivity index (χ1) is 11.3. The van der Waals surface area contributed by atoms with Crippen LogP contribution < -0.4 is 5.59 Å². The van der Waals surface area contributed by atoms with Crippen molar-refractivity contribution in [2.45, 2.75) is 11.3 Å². The highest BCUT2D eigenvalue weighted by Crippen LogP contribution is 2.21. The van der Waals surface area contributed by atoms with Crippen LogP contribution >= 0.6 is 11.6 Å². The largest absolute Gasteiger partial charge is 0.323 e. The minimum atomic E-state index is -3.74. The standard InChI is InChI=1S/C13H18ClN4O5S/c1-23-15-18(20)9-13(19)16-7-2-8-17(10-16)24(21,22)12-5-3-11(14)4-6-12/h3-6H,2,7-10H2,1H3,(H,15,20)/q+1. The molecular formula is C13H18ClN4O5S+. The summed E-state index contributed by atoms with van der Waals surface area (Å²) in [6.07, 6.45) is 0.481. The van der Waals surface area contributed by atoms with Gasteiger partial charge in [-0.25, -0.2) is 13.3 Å². The predicted molar refractivity (Wildman–Crippen MR) is 85.2 cm³/mol. The maximum atomic E-state index is 12.6. The van der Waals surface area contributed by atoms with E-state index in [0.29, 0.717) is 24.5 Å². The number of carbonyl (C=O) groups is 1. The first-order valence-corrected chi connectivity index (χ1v) is 8.93. The number of hydrogen-bond acceptors (Lipinski definition) is 5. The number of amides is 1. The highest BCUT2D eigenvalue weighted by atomic mass is 35.5. The number of nitroso groups, excluding NO2 is 1. The van der Waals surface area contributed by atoms with Crippen molar-refractivity contribution in [1.29, 1.82) is 0 Å². The molecule has 1 heterocycles. The van der Waals surface area contributed by atoms with Crippen molar-refractivity contribution in [1.82, 2.24) is 14.8 Å². The summed E-state index contributed by atoms with van der Waals surface area (Å²) in [5, 5.41) is 0.436. The van der Waals surface area contributed by atoms with Gasteiger partial charge in [0.05, 0.1) is 23.6 Å². The molecule has 1 aromatic carbocycles. The molecule has 1 fully saturated rings. The Bertz CT molecular complexity index is 710. The molecule has 24 heavy (non-hydrogen) atoms. The van der Waals surface area contributed by atoms with Crippen molar-refractivity contribution in [2.24, 2.45) is 0 Å². The van der Waals surface area contributed by atoms with Crippen molar-refractivity contribution in [3.8, 4) is 0 Å². The Kier molecular flexibility index (Phi) is 6.10. The maximum absolute atomic E-state index is 12.6. The number of nitrogens with one attached hydrogen (secondary N) is 1. The van der Waals surface area contributed by atoms with E-state index in [2.05, 4.69) is 4.84 Å². The minimum Gasteiger partial charge on any atom is -0.323 e. The number of sulfonamides is 1. The molecule has 1 amide bonds. The first kappa shape index (κ1) is 18.6. The van der Waals surface area contributed by atoms with Gasteiger partial charge in [-0.1, -0.05) is 11.6 Å². The predicted octanol–water partition coefficient (Wildman–Crippen LogP) is 0.365. The Hall–Kier alpha value is -1.75. The molecule has 9 nitrogen and oxygen atoms in total. The van der Waals surface area contributed by atoms with E-state index in [0.717, 1.165) is 0 Å². The van der Waals surface area contributed by atoms with Gasteiger partial charge in [0.1, 0.15) is 0 Å². The highest BCUT2D eigenvalue weighted by molar-refractivity contribution is 7.89. The zero-order chi connectivity index (χ0) is 17.7. The summed E-state index contributed by atoms with van der Waals surface area (Å²) in [6, 6.07) is 5.82. The third-order valence-corrected chi connectivity index (χ3v) is 5.54. The minimum absolute atomic E-state index is 0.104. The zero-order valence-corrected chi connectivity index (χ0v) is 14.6. The molecule has 0 aliphatic carbocycles. The zero-order valence-electron chi connectivity index (χ0n) is 13.0. The summed E-state index contributed by atoms with van der Waals surface area (Å²) < 4.78 is 26.5. The Balaban J connectivity index is 2.08. The molecule has 0 saturated carbocycles. The van der Waals surface area contributed by atoms with Crippen LogP contribution in [-0.2, 0) is 19.7 Å². The van der Waals surface area contributed by atoms with E-state index in [-0.39, 0.29) is 16.4 Å². The van der Waals surface area contributed by atoms with E-state index >= 15 is 0 Å². The Labute approximate surface area is 144 Å². The lowest BCUT2D eigenvalue weighted by Gasteiger charge is -2.33. The number of rotatable bonds is 6. The SMILES string of the molecule is CON[N+](=O)CC(=O)N1CCCN(S(=O)(=O)c2ccc(Cl)cc2)C1. The van der Waals surface area contributed by atoms with Gasteiger partial charge in [-0.15, -0.1) is 0 Å². The van der Waals surface area contributed by atoms with Gasteiger partial charge in [-0.2, -0.15) is 4.31 Å². The first-order valence-electron chi connectivity index (χ1n) is 7.11. The fourth-order valence-corrected chi connectivity index (χ4v) is 3.85. The fraction of sp³-hybridized carbons (Fsp3) is 0.462. The topological polar surface area (TPSA) is 99.0 Å². The van der Waals surface area contributed by atoms with Crippen molar-refractivity contribution < 1.29 is 22.9 Å². The summed E-state index contributed by atoms with van der Waals surface area (Å²) in [5.41, 5.74) is 1.97. The molecular weight excluding hydrogens is 360 g/mol. The van der Waals surface area contributed by atoms with E-state index in [4.69, 9.17) is 11.6 Å². The summed E-state index contributed by atoms with van der Waals surface area (Å²) >= 11 is 5.77. The van der Waals surface area contributed by atoms with Gasteiger partial charge in [0.25, 0.3) is 5.91 Å².